The number of aryl methyl sites for hydroxylation is 1. The molecule has 0 unspecified atom stereocenters. The van der Waals surface area contributed by atoms with Crippen molar-refractivity contribution in [3.63, 3.8) is 0 Å². The van der Waals surface area contributed by atoms with Crippen LogP contribution in [0.4, 0.5) is 0 Å². The molecule has 0 bridgehead atoms. The van der Waals surface area contributed by atoms with E-state index in [1.54, 1.807) is 0 Å². The van der Waals surface area contributed by atoms with E-state index < -0.39 is 0 Å². The molecule has 64 valence electrons. The average Bonchev–Trinajstić information content (AvgIpc) is 2.36. The maximum atomic E-state index is 5.46. The summed E-state index contributed by atoms with van der Waals surface area (Å²) in [6, 6.07) is 0. The molecule has 2 N–H and O–H groups in total. The van der Waals surface area contributed by atoms with Gasteiger partial charge in [-0.3, -0.25) is 0 Å². The molecule has 0 aliphatic rings. The minimum absolute atomic E-state index is 0. The average molecular weight is 194 g/mol. The fourth-order valence-electron chi connectivity index (χ4n) is 0.809. The lowest BCUT2D eigenvalue weighted by atomic mass is 10.2. The van der Waals surface area contributed by atoms with Gasteiger partial charge in [-0.05, 0) is 18.0 Å². The molecule has 5 heteroatoms. The fraction of sp³-hybridized carbons (Fsp3) is 0.667. The smallest absolute Gasteiger partial charge is 0.0800 e. The van der Waals surface area contributed by atoms with Crippen LogP contribution in [-0.2, 0) is 13.0 Å². The van der Waals surface area contributed by atoms with Crippen LogP contribution in [0, 0.1) is 0 Å². The van der Waals surface area contributed by atoms with Gasteiger partial charge in [-0.15, -0.1) is 17.5 Å². The van der Waals surface area contributed by atoms with Crippen LogP contribution in [-0.4, -0.2) is 9.59 Å². The highest BCUT2D eigenvalue weighted by Crippen LogP contribution is 2.10. The molecule has 0 aliphatic heterocycles. The number of aromatic nitrogens is 2. The van der Waals surface area contributed by atoms with E-state index in [1.165, 1.54) is 11.5 Å². The summed E-state index contributed by atoms with van der Waals surface area (Å²) < 4.78 is 3.82. The first kappa shape index (κ1) is 10.8. The van der Waals surface area contributed by atoms with Crippen LogP contribution in [0.3, 0.4) is 0 Å². The monoisotopic (exact) mass is 193 g/mol. The molecule has 11 heavy (non-hydrogen) atoms. The van der Waals surface area contributed by atoms with Crippen molar-refractivity contribution in [2.24, 2.45) is 5.73 Å². The lowest BCUT2D eigenvalue weighted by Gasteiger charge is -1.92. The van der Waals surface area contributed by atoms with Crippen LogP contribution in [0.2, 0.25) is 0 Å². The van der Waals surface area contributed by atoms with Crippen molar-refractivity contribution >= 4 is 23.9 Å². The molecule has 0 aromatic carbocycles. The Morgan fingerprint density at radius 1 is 1.55 bits per heavy atom. The first-order valence-corrected chi connectivity index (χ1v) is 4.16. The third-order valence-corrected chi connectivity index (χ3v) is 2.09. The van der Waals surface area contributed by atoms with E-state index in [9.17, 15) is 0 Å². The molecule has 0 fully saturated rings. The molecular formula is C6H12ClN3S. The van der Waals surface area contributed by atoms with Crippen molar-refractivity contribution in [2.45, 2.75) is 26.3 Å². The number of hydrogen-bond acceptors (Lipinski definition) is 4. The van der Waals surface area contributed by atoms with Gasteiger partial charge in [-0.1, -0.05) is 17.8 Å². The van der Waals surface area contributed by atoms with E-state index in [0.717, 1.165) is 23.4 Å². The summed E-state index contributed by atoms with van der Waals surface area (Å²) in [4.78, 5) is 1.13. The van der Waals surface area contributed by atoms with Crippen molar-refractivity contribution in [1.29, 1.82) is 0 Å². The Labute approximate surface area is 76.6 Å². The summed E-state index contributed by atoms with van der Waals surface area (Å²) in [5.41, 5.74) is 6.53. The summed E-state index contributed by atoms with van der Waals surface area (Å²) in [5.74, 6) is 0. The highest BCUT2D eigenvalue weighted by Gasteiger charge is 2.03. The lowest BCUT2D eigenvalue weighted by Crippen LogP contribution is -1.97. The summed E-state index contributed by atoms with van der Waals surface area (Å²) in [6.45, 7) is 2.70. The van der Waals surface area contributed by atoms with E-state index in [4.69, 9.17) is 5.73 Å². The molecule has 0 atom stereocenters. The lowest BCUT2D eigenvalue weighted by molar-refractivity contribution is 0.851. The number of nitrogens with zero attached hydrogens (tertiary/aromatic N) is 2. The second-order valence-corrected chi connectivity index (χ2v) is 2.94. The molecule has 0 radical (unpaired) electrons. The predicted molar refractivity (Wildman–Crippen MR) is 49.0 cm³/mol. The SMILES string of the molecule is CCCc1nnsc1CN.Cl. The number of hydrogen-bond donors (Lipinski definition) is 1. The Bertz CT molecular complexity index is 201. The zero-order chi connectivity index (χ0) is 7.40. The topological polar surface area (TPSA) is 51.8 Å². The molecule has 0 spiro atoms. The van der Waals surface area contributed by atoms with Gasteiger partial charge in [0, 0.05) is 6.54 Å². The van der Waals surface area contributed by atoms with Gasteiger partial charge < -0.3 is 5.73 Å². The first-order valence-electron chi connectivity index (χ1n) is 3.38. The highest BCUT2D eigenvalue weighted by molar-refractivity contribution is 7.05. The number of rotatable bonds is 3. The largest absolute Gasteiger partial charge is 0.326 e. The summed E-state index contributed by atoms with van der Waals surface area (Å²) >= 11 is 1.40. The molecular weight excluding hydrogens is 182 g/mol. The van der Waals surface area contributed by atoms with Gasteiger partial charge in [-0.25, -0.2) is 0 Å². The first-order chi connectivity index (χ1) is 4.88. The molecule has 1 aromatic heterocycles. The zero-order valence-corrected chi connectivity index (χ0v) is 8.04. The summed E-state index contributed by atoms with van der Waals surface area (Å²) in [5, 5.41) is 3.97. The molecule has 1 rings (SSSR count). The van der Waals surface area contributed by atoms with Gasteiger partial charge in [0.2, 0.25) is 0 Å². The van der Waals surface area contributed by atoms with Crippen LogP contribution in [0.15, 0.2) is 0 Å². The van der Waals surface area contributed by atoms with Gasteiger partial charge in [0.15, 0.2) is 0 Å². The van der Waals surface area contributed by atoms with E-state index in [0.29, 0.717) is 6.54 Å². The Kier molecular flexibility index (Phi) is 5.36. The molecule has 0 saturated heterocycles. The van der Waals surface area contributed by atoms with Gasteiger partial charge in [0.1, 0.15) is 0 Å². The summed E-state index contributed by atoms with van der Waals surface area (Å²) in [7, 11) is 0. The van der Waals surface area contributed by atoms with Crippen molar-refractivity contribution in [3.8, 4) is 0 Å². The maximum absolute atomic E-state index is 5.46. The maximum Gasteiger partial charge on any atom is 0.0800 e. The third kappa shape index (κ3) is 2.73. The third-order valence-electron chi connectivity index (χ3n) is 1.31. The van der Waals surface area contributed by atoms with Crippen molar-refractivity contribution in [2.75, 3.05) is 0 Å². The molecule has 0 amide bonds. The second-order valence-electron chi connectivity index (χ2n) is 2.10. The number of nitrogens with two attached hydrogens (primary N) is 1. The zero-order valence-electron chi connectivity index (χ0n) is 6.41. The molecule has 1 aromatic rings. The summed E-state index contributed by atoms with van der Waals surface area (Å²) in [6.07, 6.45) is 2.11. The van der Waals surface area contributed by atoms with E-state index >= 15 is 0 Å². The van der Waals surface area contributed by atoms with E-state index in [2.05, 4.69) is 16.5 Å². The van der Waals surface area contributed by atoms with Crippen molar-refractivity contribution < 1.29 is 0 Å². The fourth-order valence-corrected chi connectivity index (χ4v) is 1.37. The standard InChI is InChI=1S/C6H11N3S.ClH/c1-2-3-5-6(4-7)10-9-8-5;/h2-4,7H2,1H3;1H. The van der Waals surface area contributed by atoms with Crippen LogP contribution >= 0.6 is 23.9 Å². The predicted octanol–water partition coefficient (Wildman–Crippen LogP) is 1.37. The number of halogens is 1. The molecule has 3 nitrogen and oxygen atoms in total. The Balaban J connectivity index is 0.000001000. The van der Waals surface area contributed by atoms with Crippen LogP contribution in [0.1, 0.15) is 23.9 Å². The highest BCUT2D eigenvalue weighted by atomic mass is 35.5. The van der Waals surface area contributed by atoms with Gasteiger partial charge in [-0.2, -0.15) is 0 Å². The van der Waals surface area contributed by atoms with Crippen LogP contribution < -0.4 is 5.73 Å². The van der Waals surface area contributed by atoms with Crippen LogP contribution in [0.25, 0.3) is 0 Å². The molecule has 0 saturated carbocycles. The van der Waals surface area contributed by atoms with Crippen molar-refractivity contribution in [1.82, 2.24) is 9.59 Å². The molecule has 1 heterocycles. The second kappa shape index (κ2) is 5.46. The van der Waals surface area contributed by atoms with Gasteiger partial charge >= 0.3 is 0 Å². The minimum atomic E-state index is 0. The van der Waals surface area contributed by atoms with Crippen LogP contribution in [0.5, 0.6) is 0 Å². The van der Waals surface area contributed by atoms with E-state index in [1.807, 2.05) is 0 Å². The Morgan fingerprint density at radius 3 is 2.82 bits per heavy atom. The van der Waals surface area contributed by atoms with Gasteiger partial charge in [0.05, 0.1) is 10.6 Å². The van der Waals surface area contributed by atoms with Crippen molar-refractivity contribution in [3.05, 3.63) is 10.6 Å². The van der Waals surface area contributed by atoms with Gasteiger partial charge in [0.25, 0.3) is 0 Å². The van der Waals surface area contributed by atoms with E-state index in [-0.39, 0.29) is 12.4 Å². The quantitative estimate of drug-likeness (QED) is 0.789. The Morgan fingerprint density at radius 2 is 2.27 bits per heavy atom. The minimum Gasteiger partial charge on any atom is -0.326 e. The Hall–Kier alpha value is -0.190. The molecule has 0 aliphatic carbocycles. The normalized spacial score (nSPS) is 9.27.